The van der Waals surface area contributed by atoms with Crippen molar-refractivity contribution in [2.45, 2.75) is 90.3 Å². The van der Waals surface area contributed by atoms with Crippen LogP contribution < -0.4 is 0 Å². The molecule has 0 aromatic heterocycles. The molecule has 6 heteroatoms. The van der Waals surface area contributed by atoms with Gasteiger partial charge in [-0.15, -0.1) is 0 Å². The fourth-order valence-corrected chi connectivity index (χ4v) is 4.50. The highest BCUT2D eigenvalue weighted by Gasteiger charge is 2.25. The first-order valence-electron chi connectivity index (χ1n) is 13.6. The van der Waals surface area contributed by atoms with Gasteiger partial charge in [0.1, 0.15) is 11.6 Å². The molecule has 210 valence electrons. The van der Waals surface area contributed by atoms with Gasteiger partial charge in [-0.1, -0.05) is 73.5 Å². The van der Waals surface area contributed by atoms with Gasteiger partial charge in [-0.25, -0.2) is 0 Å². The number of unbranched alkanes of at least 4 members (excludes halogenated alkanes) is 2. The van der Waals surface area contributed by atoms with Crippen LogP contribution >= 0.6 is 0 Å². The van der Waals surface area contributed by atoms with E-state index in [-0.39, 0.29) is 36.1 Å². The van der Waals surface area contributed by atoms with Gasteiger partial charge >= 0.3 is 5.97 Å². The molecular formula is C32H46O6. The predicted octanol–water partition coefficient (Wildman–Crippen LogP) is 6.49. The largest absolute Gasteiger partial charge is 0.481 e. The third-order valence-electron chi connectivity index (χ3n) is 6.69. The van der Waals surface area contributed by atoms with E-state index in [2.05, 4.69) is 24.3 Å². The lowest BCUT2D eigenvalue weighted by Gasteiger charge is -2.24. The van der Waals surface area contributed by atoms with Crippen molar-refractivity contribution in [3.05, 3.63) is 71.8 Å². The minimum Gasteiger partial charge on any atom is -0.481 e. The molecule has 3 unspecified atom stereocenters. The van der Waals surface area contributed by atoms with Gasteiger partial charge in [0.25, 0.3) is 0 Å². The van der Waals surface area contributed by atoms with Gasteiger partial charge < -0.3 is 14.6 Å². The van der Waals surface area contributed by atoms with Gasteiger partial charge in [-0.3, -0.25) is 14.4 Å². The minimum absolute atomic E-state index is 0.0581. The summed E-state index contributed by atoms with van der Waals surface area (Å²) in [6, 6.07) is 20.5. The van der Waals surface area contributed by atoms with Crippen molar-refractivity contribution in [1.29, 1.82) is 0 Å². The molecule has 0 bridgehead atoms. The molecule has 1 N–H and O–H groups in total. The smallest absolute Gasteiger partial charge is 0.303 e. The van der Waals surface area contributed by atoms with Crippen LogP contribution in [-0.2, 0) is 36.7 Å². The van der Waals surface area contributed by atoms with Crippen LogP contribution in [0.4, 0.5) is 0 Å². The fourth-order valence-electron chi connectivity index (χ4n) is 4.50. The van der Waals surface area contributed by atoms with E-state index in [1.807, 2.05) is 36.4 Å². The minimum atomic E-state index is -0.759. The molecule has 0 saturated heterocycles. The zero-order chi connectivity index (χ0) is 28.2. The van der Waals surface area contributed by atoms with Crippen LogP contribution in [0.15, 0.2) is 60.7 Å². The molecular weight excluding hydrogens is 480 g/mol. The van der Waals surface area contributed by atoms with E-state index in [1.165, 1.54) is 11.1 Å². The topological polar surface area (TPSA) is 89.9 Å². The summed E-state index contributed by atoms with van der Waals surface area (Å²) in [6.45, 7) is 3.23. The number of ketones is 2. The average Bonchev–Trinajstić information content (AvgIpc) is 2.91. The number of rotatable bonds is 18. The van der Waals surface area contributed by atoms with Crippen molar-refractivity contribution in [2.24, 2.45) is 5.92 Å². The fraction of sp³-hybridized carbons (Fsp3) is 0.531. The number of carbonyl (C=O) groups is 3. The molecule has 38 heavy (non-hydrogen) atoms. The summed E-state index contributed by atoms with van der Waals surface area (Å²) in [5.74, 6) is -0.516. The number of carboxylic acid groups (broad SMARTS) is 1. The molecule has 0 heterocycles. The molecule has 6 nitrogen and oxygen atoms in total. The molecule has 0 radical (unpaired) electrons. The number of carboxylic acids is 1. The second-order valence-electron chi connectivity index (χ2n) is 9.80. The molecule has 2 aromatic rings. The quantitative estimate of drug-likeness (QED) is 0.223. The van der Waals surface area contributed by atoms with Gasteiger partial charge in [0.15, 0.2) is 0 Å². The maximum absolute atomic E-state index is 12.0. The van der Waals surface area contributed by atoms with E-state index < -0.39 is 5.97 Å². The molecule has 3 atom stereocenters. The third kappa shape index (κ3) is 15.4. The molecule has 0 spiro atoms. The predicted molar refractivity (Wildman–Crippen MR) is 151 cm³/mol. The van der Waals surface area contributed by atoms with Gasteiger partial charge in [-0.05, 0) is 63.5 Å². The van der Waals surface area contributed by atoms with Crippen molar-refractivity contribution in [3.8, 4) is 0 Å². The molecule has 0 aliphatic rings. The molecule has 2 rings (SSSR count). The third-order valence-corrected chi connectivity index (χ3v) is 6.69. The number of Topliss-reactive ketones (excluding diaryl/α,β-unsaturated/α-hetero) is 2. The van der Waals surface area contributed by atoms with Crippen LogP contribution in [-0.4, -0.2) is 49.1 Å². The molecule has 2 aromatic carbocycles. The Hall–Kier alpha value is -2.83. The highest BCUT2D eigenvalue weighted by Crippen LogP contribution is 2.22. The summed E-state index contributed by atoms with van der Waals surface area (Å²) in [4.78, 5) is 33.4. The summed E-state index contributed by atoms with van der Waals surface area (Å²) < 4.78 is 10.8. The number of methoxy groups -OCH3 is 2. The second-order valence-corrected chi connectivity index (χ2v) is 9.80. The van der Waals surface area contributed by atoms with Gasteiger partial charge in [0.05, 0.1) is 12.2 Å². The molecule has 0 amide bonds. The summed E-state index contributed by atoms with van der Waals surface area (Å²) >= 11 is 0. The normalized spacial score (nSPS) is 13.1. The number of hydrogen-bond donors (Lipinski definition) is 1. The molecule has 0 saturated carbocycles. The standard InChI is InChI=1S/C19H28O4.C13H18O2/c1-15(20)17(11-7-4-8-12-19(21)22)18(23-2)14-13-16-9-5-3-6-10-16;1-11(14)10-13(15-2)9-8-12-6-4-3-5-7-12/h3,5-6,9-10,17-18H,4,7-8,11-14H2,1-2H3,(H,21,22);3-7,13H,8-10H2,1-2H3. The van der Waals surface area contributed by atoms with Crippen molar-refractivity contribution >= 4 is 17.5 Å². The van der Waals surface area contributed by atoms with Crippen LogP contribution in [0.2, 0.25) is 0 Å². The van der Waals surface area contributed by atoms with E-state index in [9.17, 15) is 14.4 Å². The maximum Gasteiger partial charge on any atom is 0.303 e. The number of hydrogen-bond acceptors (Lipinski definition) is 5. The summed E-state index contributed by atoms with van der Waals surface area (Å²) in [7, 11) is 3.33. The summed E-state index contributed by atoms with van der Waals surface area (Å²) in [6.07, 6.45) is 7.41. The average molecular weight is 527 g/mol. The Morgan fingerprint density at radius 3 is 1.74 bits per heavy atom. The molecule has 0 fully saturated rings. The lowest BCUT2D eigenvalue weighted by Crippen LogP contribution is -2.29. The van der Waals surface area contributed by atoms with Crippen molar-refractivity contribution in [3.63, 3.8) is 0 Å². The van der Waals surface area contributed by atoms with E-state index in [1.54, 1.807) is 28.1 Å². The van der Waals surface area contributed by atoms with Gasteiger partial charge in [0.2, 0.25) is 0 Å². The lowest BCUT2D eigenvalue weighted by atomic mass is 9.88. The zero-order valence-corrected chi connectivity index (χ0v) is 23.6. The Morgan fingerprint density at radius 1 is 0.737 bits per heavy atom. The van der Waals surface area contributed by atoms with Crippen LogP contribution in [0.25, 0.3) is 0 Å². The van der Waals surface area contributed by atoms with Crippen LogP contribution in [0.5, 0.6) is 0 Å². The maximum atomic E-state index is 12.0. The number of ether oxygens (including phenoxy) is 2. The SMILES string of the molecule is COC(CCc1ccccc1)C(CCCCCC(=O)O)C(C)=O.COC(CCc1ccccc1)CC(C)=O. The van der Waals surface area contributed by atoms with E-state index in [4.69, 9.17) is 14.6 Å². The Morgan fingerprint density at radius 2 is 1.29 bits per heavy atom. The van der Waals surface area contributed by atoms with Crippen molar-refractivity contribution in [1.82, 2.24) is 0 Å². The highest BCUT2D eigenvalue weighted by atomic mass is 16.5. The van der Waals surface area contributed by atoms with Gasteiger partial charge in [0, 0.05) is 33.0 Å². The molecule has 0 aliphatic carbocycles. The summed E-state index contributed by atoms with van der Waals surface area (Å²) in [5.41, 5.74) is 2.54. The Bertz CT molecular complexity index is 912. The number of benzene rings is 2. The lowest BCUT2D eigenvalue weighted by molar-refractivity contribution is -0.137. The van der Waals surface area contributed by atoms with E-state index >= 15 is 0 Å². The second kappa shape index (κ2) is 20.2. The van der Waals surface area contributed by atoms with Gasteiger partial charge in [-0.2, -0.15) is 0 Å². The van der Waals surface area contributed by atoms with Crippen LogP contribution in [0.3, 0.4) is 0 Å². The summed E-state index contributed by atoms with van der Waals surface area (Å²) in [5, 5.41) is 8.64. The number of aryl methyl sites for hydroxylation is 2. The first kappa shape index (κ1) is 33.2. The number of aliphatic carboxylic acids is 1. The zero-order valence-electron chi connectivity index (χ0n) is 23.6. The molecule has 0 aliphatic heterocycles. The Kier molecular flexibility index (Phi) is 17.6. The van der Waals surface area contributed by atoms with E-state index in [0.717, 1.165) is 44.9 Å². The van der Waals surface area contributed by atoms with Crippen LogP contribution in [0, 0.1) is 5.92 Å². The number of carbonyl (C=O) groups excluding carboxylic acids is 2. The van der Waals surface area contributed by atoms with Crippen molar-refractivity contribution in [2.75, 3.05) is 14.2 Å². The highest BCUT2D eigenvalue weighted by molar-refractivity contribution is 5.78. The van der Waals surface area contributed by atoms with Crippen LogP contribution in [0.1, 0.15) is 76.3 Å². The van der Waals surface area contributed by atoms with E-state index in [0.29, 0.717) is 12.8 Å². The first-order chi connectivity index (χ1) is 18.3. The first-order valence-corrected chi connectivity index (χ1v) is 13.6. The Balaban J connectivity index is 0.000000415. The Labute approximate surface area is 228 Å². The van der Waals surface area contributed by atoms with Crippen molar-refractivity contribution < 1.29 is 29.0 Å². The monoisotopic (exact) mass is 526 g/mol.